The summed E-state index contributed by atoms with van der Waals surface area (Å²) in [5.74, 6) is 0.327. The van der Waals surface area contributed by atoms with E-state index in [9.17, 15) is 23.1 Å². The van der Waals surface area contributed by atoms with Gasteiger partial charge in [0.05, 0.1) is 13.7 Å². The molecule has 1 aliphatic heterocycles. The molecule has 0 bridgehead atoms. The molecule has 2 rings (SSSR count). The Balaban J connectivity index is 2.30. The molecule has 0 aliphatic carbocycles. The van der Waals surface area contributed by atoms with Gasteiger partial charge in [-0.1, -0.05) is 6.07 Å². The maximum atomic E-state index is 12.8. The van der Waals surface area contributed by atoms with Crippen LogP contribution in [0.2, 0.25) is 0 Å². The lowest BCUT2D eigenvalue weighted by Gasteiger charge is -2.32. The van der Waals surface area contributed by atoms with Crippen LogP contribution in [0, 0.1) is 0 Å². The van der Waals surface area contributed by atoms with E-state index in [1.807, 2.05) is 0 Å². The van der Waals surface area contributed by atoms with Crippen LogP contribution in [0.3, 0.4) is 0 Å². The molecule has 1 heterocycles. The highest BCUT2D eigenvalue weighted by Gasteiger charge is 2.55. The van der Waals surface area contributed by atoms with Gasteiger partial charge in [0.25, 0.3) is 0 Å². The van der Waals surface area contributed by atoms with Crippen LogP contribution in [-0.2, 0) is 4.79 Å². The van der Waals surface area contributed by atoms with Crippen LogP contribution in [0.1, 0.15) is 24.3 Å². The van der Waals surface area contributed by atoms with Crippen molar-refractivity contribution in [1.82, 2.24) is 0 Å². The smallest absolute Gasteiger partial charge is 0.424 e. The maximum Gasteiger partial charge on any atom is 0.424 e. The fourth-order valence-electron chi connectivity index (χ4n) is 2.39. The third kappa shape index (κ3) is 2.97. The first-order valence-corrected chi connectivity index (χ1v) is 6.37. The highest BCUT2D eigenvalue weighted by atomic mass is 19.4. The summed E-state index contributed by atoms with van der Waals surface area (Å²) in [7, 11) is 1.47. The van der Waals surface area contributed by atoms with Crippen LogP contribution in [0.4, 0.5) is 13.2 Å². The SMILES string of the molecule is COc1ccc2c(c1)OCCC2CC(O)(C=O)C(F)(F)F. The number of rotatable bonds is 4. The van der Waals surface area contributed by atoms with Gasteiger partial charge in [0.15, 0.2) is 6.29 Å². The summed E-state index contributed by atoms with van der Waals surface area (Å²) < 4.78 is 48.9. The number of carbonyl (C=O) groups is 1. The summed E-state index contributed by atoms with van der Waals surface area (Å²) in [5.41, 5.74) is -2.81. The number of methoxy groups -OCH3 is 1. The number of hydrogen-bond donors (Lipinski definition) is 1. The monoisotopic (exact) mass is 304 g/mol. The Morgan fingerprint density at radius 1 is 1.48 bits per heavy atom. The number of aldehydes is 1. The quantitative estimate of drug-likeness (QED) is 0.868. The van der Waals surface area contributed by atoms with E-state index in [1.165, 1.54) is 7.11 Å². The number of carbonyl (C=O) groups excluding carboxylic acids is 1. The maximum absolute atomic E-state index is 12.8. The summed E-state index contributed by atoms with van der Waals surface area (Å²) in [4.78, 5) is 10.7. The van der Waals surface area contributed by atoms with Gasteiger partial charge < -0.3 is 14.6 Å². The molecule has 0 spiro atoms. The molecule has 0 fully saturated rings. The molecule has 1 aliphatic rings. The van der Waals surface area contributed by atoms with E-state index >= 15 is 0 Å². The van der Waals surface area contributed by atoms with Gasteiger partial charge in [-0.15, -0.1) is 0 Å². The van der Waals surface area contributed by atoms with Crippen molar-refractivity contribution in [3.63, 3.8) is 0 Å². The molecule has 0 saturated carbocycles. The van der Waals surface area contributed by atoms with Crippen LogP contribution >= 0.6 is 0 Å². The number of alkyl halides is 3. The second-order valence-electron chi connectivity index (χ2n) is 4.98. The fourth-order valence-corrected chi connectivity index (χ4v) is 2.39. The predicted octanol–water partition coefficient (Wildman–Crippen LogP) is 2.44. The number of fused-ring (bicyclic) bond motifs is 1. The Morgan fingerprint density at radius 3 is 2.76 bits per heavy atom. The predicted molar refractivity (Wildman–Crippen MR) is 67.5 cm³/mol. The number of benzene rings is 1. The van der Waals surface area contributed by atoms with Gasteiger partial charge in [0.1, 0.15) is 11.5 Å². The van der Waals surface area contributed by atoms with E-state index in [1.54, 1.807) is 18.2 Å². The average Bonchev–Trinajstić information content (AvgIpc) is 2.45. The minimum Gasteiger partial charge on any atom is -0.497 e. The summed E-state index contributed by atoms with van der Waals surface area (Å²) in [6.45, 7) is 0.220. The van der Waals surface area contributed by atoms with E-state index in [4.69, 9.17) is 9.47 Å². The molecule has 21 heavy (non-hydrogen) atoms. The van der Waals surface area contributed by atoms with Gasteiger partial charge in [-0.05, 0) is 30.4 Å². The van der Waals surface area contributed by atoms with Gasteiger partial charge in [0, 0.05) is 6.07 Å². The van der Waals surface area contributed by atoms with Gasteiger partial charge in [-0.25, -0.2) is 0 Å². The molecule has 0 aromatic heterocycles. The molecular weight excluding hydrogens is 289 g/mol. The Kier molecular flexibility index (Phi) is 4.13. The lowest BCUT2D eigenvalue weighted by molar-refractivity contribution is -0.248. The second-order valence-corrected chi connectivity index (χ2v) is 4.98. The first-order valence-electron chi connectivity index (χ1n) is 6.37. The zero-order valence-corrected chi connectivity index (χ0v) is 11.3. The first kappa shape index (κ1) is 15.6. The molecule has 0 amide bonds. The summed E-state index contributed by atoms with van der Waals surface area (Å²) in [6.07, 6.45) is -5.86. The standard InChI is InChI=1S/C14H15F3O4/c1-20-10-2-3-11-9(4-5-21-12(11)6-10)7-13(19,8-18)14(15,16)17/h2-3,6,8-9,19H,4-5,7H2,1H3. The normalized spacial score (nSPS) is 20.9. The Morgan fingerprint density at radius 2 is 2.19 bits per heavy atom. The van der Waals surface area contributed by atoms with Crippen molar-refractivity contribution in [1.29, 1.82) is 0 Å². The van der Waals surface area contributed by atoms with Gasteiger partial charge >= 0.3 is 6.18 Å². The molecule has 1 N–H and O–H groups in total. The molecule has 0 radical (unpaired) electrons. The fraction of sp³-hybridized carbons (Fsp3) is 0.500. The van der Waals surface area contributed by atoms with Crippen molar-refractivity contribution in [2.75, 3.05) is 13.7 Å². The van der Waals surface area contributed by atoms with Crippen LogP contribution in [0.15, 0.2) is 18.2 Å². The minimum absolute atomic E-state index is 0.220. The van der Waals surface area contributed by atoms with Crippen molar-refractivity contribution < 1.29 is 32.5 Å². The summed E-state index contributed by atoms with van der Waals surface area (Å²) >= 11 is 0. The zero-order chi connectivity index (χ0) is 15.7. The van der Waals surface area contributed by atoms with Crippen LogP contribution in [-0.4, -0.2) is 36.9 Å². The molecule has 4 nitrogen and oxygen atoms in total. The molecule has 1 aromatic carbocycles. The molecule has 2 unspecified atom stereocenters. The zero-order valence-electron chi connectivity index (χ0n) is 11.3. The van der Waals surface area contributed by atoms with Crippen molar-refractivity contribution in [3.8, 4) is 11.5 Å². The molecule has 2 atom stereocenters. The van der Waals surface area contributed by atoms with Crippen LogP contribution in [0.25, 0.3) is 0 Å². The van der Waals surface area contributed by atoms with Gasteiger partial charge in [-0.3, -0.25) is 4.79 Å². The third-order valence-electron chi connectivity index (χ3n) is 3.63. The number of ether oxygens (including phenoxy) is 2. The Labute approximate surface area is 119 Å². The number of aliphatic hydroxyl groups is 1. The molecular formula is C14H15F3O4. The molecule has 116 valence electrons. The first-order chi connectivity index (χ1) is 9.80. The van der Waals surface area contributed by atoms with Crippen molar-refractivity contribution in [2.24, 2.45) is 0 Å². The van der Waals surface area contributed by atoms with Crippen molar-refractivity contribution >= 4 is 6.29 Å². The van der Waals surface area contributed by atoms with Crippen LogP contribution in [0.5, 0.6) is 11.5 Å². The highest BCUT2D eigenvalue weighted by Crippen LogP contribution is 2.43. The van der Waals surface area contributed by atoms with Gasteiger partial charge in [-0.2, -0.15) is 13.2 Å². The lowest BCUT2D eigenvalue weighted by Crippen LogP contribution is -2.48. The van der Waals surface area contributed by atoms with Crippen LogP contribution < -0.4 is 9.47 Å². The Hall–Kier alpha value is -1.76. The molecule has 7 heteroatoms. The topological polar surface area (TPSA) is 55.8 Å². The van der Waals surface area contributed by atoms with E-state index in [0.29, 0.717) is 23.5 Å². The third-order valence-corrected chi connectivity index (χ3v) is 3.63. The van der Waals surface area contributed by atoms with Crippen molar-refractivity contribution in [2.45, 2.75) is 30.5 Å². The average molecular weight is 304 g/mol. The Bertz CT molecular complexity index is 529. The van der Waals surface area contributed by atoms with E-state index in [0.717, 1.165) is 0 Å². The highest BCUT2D eigenvalue weighted by molar-refractivity contribution is 5.64. The second kappa shape index (κ2) is 5.55. The van der Waals surface area contributed by atoms with Crippen molar-refractivity contribution in [3.05, 3.63) is 23.8 Å². The van der Waals surface area contributed by atoms with E-state index < -0.39 is 30.4 Å². The van der Waals surface area contributed by atoms with E-state index in [2.05, 4.69) is 0 Å². The largest absolute Gasteiger partial charge is 0.497 e. The molecule has 0 saturated heterocycles. The number of halogens is 3. The number of hydrogen-bond acceptors (Lipinski definition) is 4. The molecule has 1 aromatic rings. The minimum atomic E-state index is -5.00. The van der Waals surface area contributed by atoms with E-state index in [-0.39, 0.29) is 6.61 Å². The lowest BCUT2D eigenvalue weighted by atomic mass is 9.83. The summed E-state index contributed by atoms with van der Waals surface area (Å²) in [6, 6.07) is 4.78. The van der Waals surface area contributed by atoms with Gasteiger partial charge in [0.2, 0.25) is 5.60 Å². The summed E-state index contributed by atoms with van der Waals surface area (Å²) in [5, 5.41) is 9.58.